The molecule has 1 aromatic carbocycles. The molecule has 0 atom stereocenters. The molecule has 3 rings (SSSR count). The summed E-state index contributed by atoms with van der Waals surface area (Å²) >= 11 is 11.7. The van der Waals surface area contributed by atoms with Gasteiger partial charge in [-0.05, 0) is 36.4 Å². The number of hydrogen-bond donors (Lipinski definition) is 1. The molecule has 0 saturated heterocycles. The second-order valence-electron chi connectivity index (χ2n) is 5.52. The van der Waals surface area contributed by atoms with E-state index in [-0.39, 0.29) is 25.5 Å². The van der Waals surface area contributed by atoms with Gasteiger partial charge in [-0.3, -0.25) is 9.59 Å². The first kappa shape index (κ1) is 18.2. The van der Waals surface area contributed by atoms with Crippen molar-refractivity contribution in [3.8, 4) is 0 Å². The molecule has 3 aromatic rings. The molecule has 8 heteroatoms. The summed E-state index contributed by atoms with van der Waals surface area (Å²) in [4.78, 5) is 28.0. The van der Waals surface area contributed by atoms with Gasteiger partial charge >= 0.3 is 5.97 Å². The van der Waals surface area contributed by atoms with Crippen LogP contribution in [-0.2, 0) is 16.1 Å². The van der Waals surface area contributed by atoms with Crippen molar-refractivity contribution in [3.63, 3.8) is 0 Å². The number of fused-ring (bicyclic) bond motifs is 1. The molecule has 6 nitrogen and oxygen atoms in total. The molecule has 1 N–H and O–H groups in total. The molecule has 0 saturated carbocycles. The highest BCUT2D eigenvalue weighted by Crippen LogP contribution is 2.12. The van der Waals surface area contributed by atoms with Crippen LogP contribution in [-0.4, -0.2) is 27.8 Å². The summed E-state index contributed by atoms with van der Waals surface area (Å²) in [6, 6.07) is 10.0. The van der Waals surface area contributed by atoms with Crippen molar-refractivity contribution in [2.75, 3.05) is 6.54 Å². The van der Waals surface area contributed by atoms with E-state index in [1.54, 1.807) is 53.2 Å². The van der Waals surface area contributed by atoms with E-state index in [9.17, 15) is 9.59 Å². The number of amides is 1. The minimum atomic E-state index is -0.420. The molecule has 0 aliphatic heterocycles. The summed E-state index contributed by atoms with van der Waals surface area (Å²) in [5.41, 5.74) is 1.81. The zero-order chi connectivity index (χ0) is 18.5. The van der Waals surface area contributed by atoms with Gasteiger partial charge in [-0.15, -0.1) is 0 Å². The standard InChI is InChI=1S/C18H15Cl2N3O3/c19-13-3-1-12(2-4-13)18(25)21-8-7-17(24)26-11-15-10-23-9-14(20)5-6-16(23)22-15/h1-6,9-10H,7-8,11H2,(H,21,25). The fourth-order valence-corrected chi connectivity index (χ4v) is 2.59. The molecular formula is C18H15Cl2N3O3. The molecule has 0 fully saturated rings. The summed E-state index contributed by atoms with van der Waals surface area (Å²) in [6.45, 7) is 0.240. The Morgan fingerprint density at radius 1 is 1.04 bits per heavy atom. The number of ether oxygens (including phenoxy) is 1. The monoisotopic (exact) mass is 391 g/mol. The summed E-state index contributed by atoms with van der Waals surface area (Å²) in [5, 5.41) is 3.81. The highest BCUT2D eigenvalue weighted by Gasteiger charge is 2.09. The van der Waals surface area contributed by atoms with Gasteiger partial charge in [0.1, 0.15) is 12.3 Å². The smallest absolute Gasteiger partial charge is 0.307 e. The van der Waals surface area contributed by atoms with Gasteiger partial charge in [0.2, 0.25) is 0 Å². The van der Waals surface area contributed by atoms with E-state index < -0.39 is 5.97 Å². The Labute approximate surface area is 159 Å². The van der Waals surface area contributed by atoms with Gasteiger partial charge in [0.25, 0.3) is 5.91 Å². The highest BCUT2D eigenvalue weighted by atomic mass is 35.5. The number of carbonyl (C=O) groups excluding carboxylic acids is 2. The van der Waals surface area contributed by atoms with Crippen molar-refractivity contribution >= 4 is 40.7 Å². The van der Waals surface area contributed by atoms with Crippen molar-refractivity contribution < 1.29 is 14.3 Å². The minimum Gasteiger partial charge on any atom is -0.459 e. The number of imidazole rings is 1. The number of esters is 1. The number of halogens is 2. The van der Waals surface area contributed by atoms with E-state index in [0.717, 1.165) is 5.65 Å². The topological polar surface area (TPSA) is 72.7 Å². The van der Waals surface area contributed by atoms with Crippen LogP contribution in [0.1, 0.15) is 22.5 Å². The number of hydrogen-bond acceptors (Lipinski definition) is 4. The van der Waals surface area contributed by atoms with Crippen LogP contribution in [0, 0.1) is 0 Å². The molecule has 134 valence electrons. The molecular weight excluding hydrogens is 377 g/mol. The predicted octanol–water partition coefficient (Wildman–Crippen LogP) is 3.50. The predicted molar refractivity (Wildman–Crippen MR) is 98.4 cm³/mol. The zero-order valence-electron chi connectivity index (χ0n) is 13.6. The Morgan fingerprint density at radius 2 is 1.77 bits per heavy atom. The normalized spacial score (nSPS) is 10.7. The molecule has 26 heavy (non-hydrogen) atoms. The second-order valence-corrected chi connectivity index (χ2v) is 6.39. The lowest BCUT2D eigenvalue weighted by molar-refractivity contribution is -0.144. The maximum Gasteiger partial charge on any atom is 0.307 e. The second kappa shape index (κ2) is 8.21. The van der Waals surface area contributed by atoms with Crippen LogP contribution < -0.4 is 5.32 Å². The molecule has 2 heterocycles. The number of rotatable bonds is 6. The zero-order valence-corrected chi connectivity index (χ0v) is 15.1. The van der Waals surface area contributed by atoms with Crippen molar-refractivity contribution in [3.05, 3.63) is 70.1 Å². The van der Waals surface area contributed by atoms with E-state index in [1.807, 2.05) is 0 Å². The van der Waals surface area contributed by atoms with Crippen molar-refractivity contribution in [2.24, 2.45) is 0 Å². The fourth-order valence-electron chi connectivity index (χ4n) is 2.29. The molecule has 0 bridgehead atoms. The fraction of sp³-hybridized carbons (Fsp3) is 0.167. The van der Waals surface area contributed by atoms with Gasteiger partial charge in [0.15, 0.2) is 0 Å². The summed E-state index contributed by atoms with van der Waals surface area (Å²) in [5.74, 6) is -0.691. The number of nitrogens with one attached hydrogen (secondary N) is 1. The average molecular weight is 392 g/mol. The number of nitrogens with zero attached hydrogens (tertiary/aromatic N) is 2. The van der Waals surface area contributed by atoms with E-state index in [0.29, 0.717) is 21.3 Å². The lowest BCUT2D eigenvalue weighted by atomic mass is 10.2. The van der Waals surface area contributed by atoms with E-state index in [1.165, 1.54) is 0 Å². The van der Waals surface area contributed by atoms with E-state index in [2.05, 4.69) is 10.3 Å². The van der Waals surface area contributed by atoms with Gasteiger partial charge in [-0.25, -0.2) is 4.98 Å². The third-order valence-electron chi connectivity index (χ3n) is 3.57. The van der Waals surface area contributed by atoms with Gasteiger partial charge in [-0.1, -0.05) is 23.2 Å². The van der Waals surface area contributed by atoms with Crippen LogP contribution in [0.3, 0.4) is 0 Å². The third-order valence-corrected chi connectivity index (χ3v) is 4.04. The molecule has 0 aliphatic carbocycles. The Morgan fingerprint density at radius 3 is 2.54 bits per heavy atom. The van der Waals surface area contributed by atoms with Crippen LogP contribution in [0.5, 0.6) is 0 Å². The number of pyridine rings is 1. The van der Waals surface area contributed by atoms with Crippen LogP contribution in [0.25, 0.3) is 5.65 Å². The highest BCUT2D eigenvalue weighted by molar-refractivity contribution is 6.30. The first-order chi connectivity index (χ1) is 12.5. The number of carbonyl (C=O) groups is 2. The van der Waals surface area contributed by atoms with Gasteiger partial charge in [0, 0.05) is 29.5 Å². The first-order valence-corrected chi connectivity index (χ1v) is 8.59. The minimum absolute atomic E-state index is 0.0588. The summed E-state index contributed by atoms with van der Waals surface area (Å²) < 4.78 is 6.94. The maximum absolute atomic E-state index is 11.9. The van der Waals surface area contributed by atoms with Crippen LogP contribution >= 0.6 is 23.2 Å². The van der Waals surface area contributed by atoms with Crippen LogP contribution in [0.2, 0.25) is 10.0 Å². The molecule has 2 aromatic heterocycles. The van der Waals surface area contributed by atoms with Crippen molar-refractivity contribution in [1.29, 1.82) is 0 Å². The van der Waals surface area contributed by atoms with Gasteiger partial charge < -0.3 is 14.5 Å². The number of benzene rings is 1. The van der Waals surface area contributed by atoms with E-state index >= 15 is 0 Å². The maximum atomic E-state index is 11.9. The molecule has 0 spiro atoms. The van der Waals surface area contributed by atoms with Crippen molar-refractivity contribution in [2.45, 2.75) is 13.0 Å². The van der Waals surface area contributed by atoms with Crippen molar-refractivity contribution in [1.82, 2.24) is 14.7 Å². The van der Waals surface area contributed by atoms with Crippen LogP contribution in [0.15, 0.2) is 48.8 Å². The number of aromatic nitrogens is 2. The Balaban J connectivity index is 1.43. The Hall–Kier alpha value is -2.57. The van der Waals surface area contributed by atoms with Crippen LogP contribution in [0.4, 0.5) is 0 Å². The Bertz CT molecular complexity index is 939. The SMILES string of the molecule is O=C(CCNC(=O)c1ccc(Cl)cc1)OCc1cn2cc(Cl)ccc2n1. The summed E-state index contributed by atoms with van der Waals surface area (Å²) in [6.07, 6.45) is 3.54. The average Bonchev–Trinajstić information content (AvgIpc) is 3.02. The van der Waals surface area contributed by atoms with Gasteiger partial charge in [0.05, 0.1) is 17.1 Å². The van der Waals surface area contributed by atoms with E-state index in [4.69, 9.17) is 27.9 Å². The molecule has 0 unspecified atom stereocenters. The van der Waals surface area contributed by atoms with Gasteiger partial charge in [-0.2, -0.15) is 0 Å². The summed E-state index contributed by atoms with van der Waals surface area (Å²) in [7, 11) is 0. The first-order valence-electron chi connectivity index (χ1n) is 7.84. The lowest BCUT2D eigenvalue weighted by Gasteiger charge is -2.05. The third kappa shape index (κ3) is 4.74. The quantitative estimate of drug-likeness (QED) is 0.652. The lowest BCUT2D eigenvalue weighted by Crippen LogP contribution is -2.26. The largest absolute Gasteiger partial charge is 0.459 e. The Kier molecular flexibility index (Phi) is 5.75. The molecule has 0 radical (unpaired) electrons. The molecule has 0 aliphatic rings. The molecule has 1 amide bonds.